The number of hydrogen-bond acceptors (Lipinski definition) is 0. The van der Waals surface area contributed by atoms with Crippen LogP contribution >= 0.6 is 0 Å². The summed E-state index contributed by atoms with van der Waals surface area (Å²) in [5.41, 5.74) is 1.41. The van der Waals surface area contributed by atoms with Gasteiger partial charge in [-0.15, -0.1) is 0 Å². The van der Waals surface area contributed by atoms with Crippen LogP contribution in [0.4, 0.5) is 0 Å². The predicted molar refractivity (Wildman–Crippen MR) is 50.5 cm³/mol. The molecule has 0 nitrogen and oxygen atoms in total. The molecule has 1 aromatic carbocycles. The fourth-order valence-electron chi connectivity index (χ4n) is 0.838. The number of hydrogen-bond donors (Lipinski definition) is 0. The van der Waals surface area contributed by atoms with Gasteiger partial charge >= 0.3 is 18.0 Å². The topological polar surface area (TPSA) is 0 Å². The average Bonchev–Trinajstić information content (AvgIpc) is 1.90. The molecule has 0 fully saturated rings. The summed E-state index contributed by atoms with van der Waals surface area (Å²) in [7, 11) is 0. The SMILES string of the molecule is CC(C)c1ccccc1.[AsH3]. The minimum absolute atomic E-state index is 0. The van der Waals surface area contributed by atoms with Crippen LogP contribution in [0.2, 0.25) is 0 Å². The van der Waals surface area contributed by atoms with Gasteiger partial charge in [0.15, 0.2) is 0 Å². The van der Waals surface area contributed by atoms with Crippen molar-refractivity contribution in [2.24, 2.45) is 0 Å². The Hall–Kier alpha value is -0.222. The fraction of sp³-hybridized carbons (Fsp3) is 0.333. The molecule has 0 aliphatic heterocycles. The first-order valence-corrected chi connectivity index (χ1v) is 3.35. The Labute approximate surface area is 74.0 Å². The molecule has 0 saturated heterocycles. The summed E-state index contributed by atoms with van der Waals surface area (Å²) in [6.45, 7) is 4.41. The molecule has 0 aliphatic rings. The molecule has 1 heteroatoms. The van der Waals surface area contributed by atoms with Crippen LogP contribution in [0.1, 0.15) is 25.3 Å². The molecule has 0 N–H and O–H groups in total. The third-order valence-electron chi connectivity index (χ3n) is 1.47. The van der Waals surface area contributed by atoms with Crippen molar-refractivity contribution in [1.82, 2.24) is 0 Å². The van der Waals surface area contributed by atoms with E-state index in [0.29, 0.717) is 5.92 Å². The summed E-state index contributed by atoms with van der Waals surface area (Å²) >= 11 is 0. The molecule has 0 bridgehead atoms. The van der Waals surface area contributed by atoms with E-state index in [1.54, 1.807) is 0 Å². The molecular formula is C9H15As. The van der Waals surface area contributed by atoms with Gasteiger partial charge in [0.2, 0.25) is 0 Å². The van der Waals surface area contributed by atoms with Gasteiger partial charge in [0, 0.05) is 0 Å². The Balaban J connectivity index is 0.000000810. The molecule has 1 atom stereocenters. The van der Waals surface area contributed by atoms with Gasteiger partial charge in [-0.05, 0) is 11.5 Å². The number of rotatable bonds is 1. The van der Waals surface area contributed by atoms with E-state index in [1.165, 1.54) is 5.56 Å². The quantitative estimate of drug-likeness (QED) is 0.601. The van der Waals surface area contributed by atoms with Gasteiger partial charge < -0.3 is 0 Å². The first-order valence-electron chi connectivity index (χ1n) is 3.35. The standard InChI is InChI=1S/C9H12.AsH3/c1-8(2)9-6-4-3-5-7-9;/h3-8H,1-2H3;1H3. The monoisotopic (exact) mass is 198 g/mol. The third-order valence-corrected chi connectivity index (χ3v) is 1.47. The van der Waals surface area contributed by atoms with E-state index >= 15 is 0 Å². The molecule has 56 valence electrons. The van der Waals surface area contributed by atoms with Crippen LogP contribution in [0.15, 0.2) is 30.3 Å². The normalized spacial score (nSPS) is 9.10. The van der Waals surface area contributed by atoms with E-state index in [4.69, 9.17) is 0 Å². The van der Waals surface area contributed by atoms with Crippen LogP contribution in [0.3, 0.4) is 0 Å². The predicted octanol–water partition coefficient (Wildman–Crippen LogP) is 1.63. The van der Waals surface area contributed by atoms with E-state index < -0.39 is 0 Å². The maximum absolute atomic E-state index is 2.20. The molecule has 0 saturated carbocycles. The summed E-state index contributed by atoms with van der Waals surface area (Å²) in [6, 6.07) is 10.5. The van der Waals surface area contributed by atoms with Gasteiger partial charge in [-0.2, -0.15) is 0 Å². The Morgan fingerprint density at radius 3 is 1.80 bits per heavy atom. The van der Waals surface area contributed by atoms with Crippen LogP contribution in [-0.2, 0) is 0 Å². The Morgan fingerprint density at radius 1 is 1.00 bits per heavy atom. The third kappa shape index (κ3) is 2.58. The van der Waals surface area contributed by atoms with E-state index in [2.05, 4.69) is 38.1 Å². The van der Waals surface area contributed by atoms with Crippen molar-refractivity contribution in [3.05, 3.63) is 35.9 Å². The van der Waals surface area contributed by atoms with Crippen LogP contribution < -0.4 is 0 Å². The molecule has 0 aliphatic carbocycles. The van der Waals surface area contributed by atoms with Gasteiger partial charge in [-0.25, -0.2) is 0 Å². The van der Waals surface area contributed by atoms with Crippen LogP contribution in [0.5, 0.6) is 0 Å². The first-order chi connectivity index (χ1) is 4.30. The van der Waals surface area contributed by atoms with Crippen molar-refractivity contribution in [2.45, 2.75) is 19.8 Å². The summed E-state index contributed by atoms with van der Waals surface area (Å²) in [5, 5.41) is 0. The summed E-state index contributed by atoms with van der Waals surface area (Å²) in [5.74, 6) is 0.659. The van der Waals surface area contributed by atoms with Gasteiger partial charge in [-0.3, -0.25) is 0 Å². The summed E-state index contributed by atoms with van der Waals surface area (Å²) in [6.07, 6.45) is 0. The van der Waals surface area contributed by atoms with Gasteiger partial charge in [0.25, 0.3) is 0 Å². The van der Waals surface area contributed by atoms with Crippen molar-refractivity contribution in [1.29, 1.82) is 0 Å². The molecule has 0 heterocycles. The second kappa shape index (κ2) is 4.57. The molecule has 0 aromatic heterocycles. The van der Waals surface area contributed by atoms with Gasteiger partial charge in [0.05, 0.1) is 0 Å². The molecule has 0 radical (unpaired) electrons. The zero-order valence-corrected chi connectivity index (χ0v) is 9.64. The van der Waals surface area contributed by atoms with Gasteiger partial charge in [0.1, 0.15) is 0 Å². The maximum atomic E-state index is 2.20. The van der Waals surface area contributed by atoms with E-state index in [9.17, 15) is 0 Å². The van der Waals surface area contributed by atoms with Crippen LogP contribution in [0, 0.1) is 0 Å². The summed E-state index contributed by atoms with van der Waals surface area (Å²) < 4.78 is 0. The second-order valence-corrected chi connectivity index (χ2v) is 2.57. The van der Waals surface area contributed by atoms with Crippen molar-refractivity contribution < 1.29 is 0 Å². The van der Waals surface area contributed by atoms with Gasteiger partial charge in [-0.1, -0.05) is 44.2 Å². The second-order valence-electron chi connectivity index (χ2n) is 2.57. The van der Waals surface area contributed by atoms with Crippen molar-refractivity contribution in [2.75, 3.05) is 0 Å². The van der Waals surface area contributed by atoms with Crippen LogP contribution in [-0.4, -0.2) is 18.0 Å². The molecule has 10 heavy (non-hydrogen) atoms. The van der Waals surface area contributed by atoms with E-state index in [1.807, 2.05) is 6.07 Å². The van der Waals surface area contributed by atoms with Crippen molar-refractivity contribution in [3.8, 4) is 0 Å². The molecule has 1 rings (SSSR count). The fourth-order valence-corrected chi connectivity index (χ4v) is 0.838. The van der Waals surface area contributed by atoms with E-state index in [0.717, 1.165) is 0 Å². The molecule has 1 aromatic rings. The van der Waals surface area contributed by atoms with Crippen LogP contribution in [0.25, 0.3) is 0 Å². The first kappa shape index (κ1) is 9.78. The Morgan fingerprint density at radius 2 is 1.50 bits per heavy atom. The Kier molecular flexibility index (Phi) is 4.47. The zero-order valence-electron chi connectivity index (χ0n) is 6.67. The Bertz CT molecular complexity index is 167. The number of benzene rings is 1. The average molecular weight is 198 g/mol. The van der Waals surface area contributed by atoms with Crippen molar-refractivity contribution in [3.63, 3.8) is 0 Å². The summed E-state index contributed by atoms with van der Waals surface area (Å²) in [4.78, 5) is 0. The molecule has 1 unspecified atom stereocenters. The molecule has 0 spiro atoms. The molecule has 0 amide bonds. The minimum atomic E-state index is 0. The zero-order chi connectivity index (χ0) is 6.69. The van der Waals surface area contributed by atoms with Crippen molar-refractivity contribution >= 4 is 18.0 Å². The molecular weight excluding hydrogens is 183 g/mol. The van der Waals surface area contributed by atoms with E-state index in [-0.39, 0.29) is 18.0 Å².